The second-order valence-corrected chi connectivity index (χ2v) is 9.99. The lowest BCUT2D eigenvalue weighted by atomic mass is 10.1. The Bertz CT molecular complexity index is 1500. The summed E-state index contributed by atoms with van der Waals surface area (Å²) < 4.78 is 1.59. The number of amides is 3. The van der Waals surface area contributed by atoms with Crippen molar-refractivity contribution >= 4 is 69.0 Å². The van der Waals surface area contributed by atoms with Crippen LogP contribution in [-0.4, -0.2) is 39.0 Å². The standard InChI is InChI=1S/C24H19Cl3N6O3S/c1-12-21(23(36)31-24-30-16(11-37-24)9-20(35)29-10-19(28)34)32-33(18-7-6-15(26)8-17(18)27)22(12)13-2-4-14(25)5-3-13/h2-8,11H,9-10H2,1H3,(H2,28,34)(H,29,35)(H,30,31,36). The van der Waals surface area contributed by atoms with E-state index in [9.17, 15) is 14.4 Å². The lowest BCUT2D eigenvalue weighted by Crippen LogP contribution is -2.34. The van der Waals surface area contributed by atoms with E-state index < -0.39 is 17.7 Å². The van der Waals surface area contributed by atoms with E-state index in [4.69, 9.17) is 40.5 Å². The minimum Gasteiger partial charge on any atom is -0.368 e. The van der Waals surface area contributed by atoms with Gasteiger partial charge in [-0.25, -0.2) is 9.67 Å². The Morgan fingerprint density at radius 3 is 2.43 bits per heavy atom. The Morgan fingerprint density at radius 1 is 1.05 bits per heavy atom. The molecule has 13 heteroatoms. The fourth-order valence-corrected chi connectivity index (χ4v) is 4.82. The predicted octanol–water partition coefficient (Wildman–Crippen LogP) is 4.66. The van der Waals surface area contributed by atoms with Gasteiger partial charge < -0.3 is 11.1 Å². The highest BCUT2D eigenvalue weighted by Gasteiger charge is 2.24. The molecular formula is C24H19Cl3N6O3S. The molecule has 0 aliphatic rings. The highest BCUT2D eigenvalue weighted by Crippen LogP contribution is 2.33. The monoisotopic (exact) mass is 576 g/mol. The molecule has 0 aliphatic heterocycles. The molecule has 0 fully saturated rings. The first kappa shape index (κ1) is 26.6. The first-order chi connectivity index (χ1) is 17.6. The van der Waals surface area contributed by atoms with Crippen LogP contribution in [0.3, 0.4) is 0 Å². The smallest absolute Gasteiger partial charge is 0.278 e. The van der Waals surface area contributed by atoms with Gasteiger partial charge in [-0.3, -0.25) is 19.7 Å². The molecule has 190 valence electrons. The van der Waals surface area contributed by atoms with Crippen LogP contribution in [0.5, 0.6) is 0 Å². The number of nitrogens with one attached hydrogen (secondary N) is 2. The third-order valence-electron chi connectivity index (χ3n) is 5.17. The summed E-state index contributed by atoms with van der Waals surface area (Å²) in [6, 6.07) is 12.1. The van der Waals surface area contributed by atoms with Gasteiger partial charge in [-0.15, -0.1) is 11.3 Å². The maximum absolute atomic E-state index is 13.2. The van der Waals surface area contributed by atoms with Crippen LogP contribution in [0.1, 0.15) is 21.7 Å². The molecule has 0 atom stereocenters. The minimum atomic E-state index is -0.646. The fourth-order valence-electron chi connectivity index (χ4n) is 3.50. The molecule has 0 bridgehead atoms. The number of benzene rings is 2. The molecule has 0 saturated carbocycles. The van der Waals surface area contributed by atoms with Gasteiger partial charge in [0.15, 0.2) is 10.8 Å². The Morgan fingerprint density at radius 2 is 1.76 bits per heavy atom. The maximum atomic E-state index is 13.2. The molecule has 37 heavy (non-hydrogen) atoms. The molecule has 3 amide bonds. The Balaban J connectivity index is 1.64. The van der Waals surface area contributed by atoms with Crippen LogP contribution in [0.2, 0.25) is 15.1 Å². The number of hydrogen-bond acceptors (Lipinski definition) is 6. The van der Waals surface area contributed by atoms with Gasteiger partial charge in [-0.2, -0.15) is 5.10 Å². The minimum absolute atomic E-state index is 0.0664. The largest absolute Gasteiger partial charge is 0.368 e. The van der Waals surface area contributed by atoms with Gasteiger partial charge in [0.05, 0.1) is 35.1 Å². The number of nitrogens with zero attached hydrogens (tertiary/aromatic N) is 3. The second-order valence-electron chi connectivity index (χ2n) is 7.85. The number of rotatable bonds is 8. The molecular weight excluding hydrogens is 559 g/mol. The van der Waals surface area contributed by atoms with Crippen LogP contribution in [0.15, 0.2) is 47.8 Å². The van der Waals surface area contributed by atoms with Gasteiger partial charge in [-0.05, 0) is 37.3 Å². The molecule has 0 aliphatic carbocycles. The molecule has 4 N–H and O–H groups in total. The molecule has 2 aromatic heterocycles. The molecule has 4 aromatic rings. The number of thiazole rings is 1. The third kappa shape index (κ3) is 6.28. The topological polar surface area (TPSA) is 132 Å². The van der Waals surface area contributed by atoms with E-state index in [2.05, 4.69) is 20.7 Å². The van der Waals surface area contributed by atoms with Gasteiger partial charge in [0.1, 0.15) is 0 Å². The highest BCUT2D eigenvalue weighted by molar-refractivity contribution is 7.14. The quantitative estimate of drug-likeness (QED) is 0.280. The molecule has 4 rings (SSSR count). The average molecular weight is 578 g/mol. The van der Waals surface area contributed by atoms with Crippen LogP contribution < -0.4 is 16.4 Å². The summed E-state index contributed by atoms with van der Waals surface area (Å²) in [5, 5.41) is 13.0. The zero-order chi connectivity index (χ0) is 26.7. The second kappa shape index (κ2) is 11.3. The lowest BCUT2D eigenvalue weighted by molar-refractivity contribution is -0.124. The van der Waals surface area contributed by atoms with Crippen molar-refractivity contribution in [3.8, 4) is 16.9 Å². The van der Waals surface area contributed by atoms with Crippen molar-refractivity contribution in [3.05, 3.63) is 79.9 Å². The Kier molecular flexibility index (Phi) is 8.13. The number of halogens is 3. The van der Waals surface area contributed by atoms with Crippen molar-refractivity contribution < 1.29 is 14.4 Å². The Labute approximate surface area is 230 Å². The van der Waals surface area contributed by atoms with Crippen molar-refractivity contribution in [2.24, 2.45) is 5.73 Å². The normalized spacial score (nSPS) is 10.8. The van der Waals surface area contributed by atoms with Crippen molar-refractivity contribution in [1.29, 1.82) is 0 Å². The van der Waals surface area contributed by atoms with E-state index in [-0.39, 0.29) is 23.8 Å². The average Bonchev–Trinajstić information content (AvgIpc) is 3.42. The van der Waals surface area contributed by atoms with Crippen LogP contribution in [-0.2, 0) is 16.0 Å². The predicted molar refractivity (Wildman–Crippen MR) is 145 cm³/mol. The SMILES string of the molecule is Cc1c(C(=O)Nc2nc(CC(=O)NCC(N)=O)cs2)nn(-c2ccc(Cl)cc2Cl)c1-c1ccc(Cl)cc1. The number of carbonyl (C=O) groups is 3. The lowest BCUT2D eigenvalue weighted by Gasteiger charge is -2.11. The summed E-state index contributed by atoms with van der Waals surface area (Å²) in [6.07, 6.45) is -0.0664. The van der Waals surface area contributed by atoms with E-state index in [1.165, 1.54) is 0 Å². The molecule has 0 spiro atoms. The zero-order valence-electron chi connectivity index (χ0n) is 19.2. The fraction of sp³-hybridized carbons (Fsp3) is 0.125. The Hall–Kier alpha value is -3.44. The summed E-state index contributed by atoms with van der Waals surface area (Å²) in [5.74, 6) is -1.55. The van der Waals surface area contributed by atoms with Gasteiger partial charge in [0.2, 0.25) is 11.8 Å². The number of nitrogens with two attached hydrogens (primary N) is 1. The van der Waals surface area contributed by atoms with Crippen molar-refractivity contribution in [1.82, 2.24) is 20.1 Å². The van der Waals surface area contributed by atoms with Crippen molar-refractivity contribution in [2.75, 3.05) is 11.9 Å². The zero-order valence-corrected chi connectivity index (χ0v) is 22.3. The van der Waals surface area contributed by atoms with E-state index in [1.807, 2.05) is 12.1 Å². The van der Waals surface area contributed by atoms with Crippen molar-refractivity contribution in [3.63, 3.8) is 0 Å². The summed E-state index contributed by atoms with van der Waals surface area (Å²) in [4.78, 5) is 40.2. The van der Waals surface area contributed by atoms with E-state index in [1.54, 1.807) is 47.3 Å². The number of aromatic nitrogens is 3. The molecule has 9 nitrogen and oxygen atoms in total. The summed E-state index contributed by atoms with van der Waals surface area (Å²) in [7, 11) is 0. The van der Waals surface area contributed by atoms with Crippen LogP contribution in [0, 0.1) is 6.92 Å². The summed E-state index contributed by atoms with van der Waals surface area (Å²) in [6.45, 7) is 1.52. The molecule has 2 aromatic carbocycles. The number of carbonyl (C=O) groups excluding carboxylic acids is 3. The summed E-state index contributed by atoms with van der Waals surface area (Å²) in [5.41, 5.74) is 8.19. The van der Waals surface area contributed by atoms with Gasteiger partial charge in [0, 0.05) is 26.6 Å². The summed E-state index contributed by atoms with van der Waals surface area (Å²) >= 11 is 19.8. The van der Waals surface area contributed by atoms with E-state index >= 15 is 0 Å². The number of hydrogen-bond donors (Lipinski definition) is 3. The molecule has 0 radical (unpaired) electrons. The molecule has 0 unspecified atom stereocenters. The first-order valence-corrected chi connectivity index (χ1v) is 12.8. The number of primary amides is 1. The highest BCUT2D eigenvalue weighted by atomic mass is 35.5. The van der Waals surface area contributed by atoms with Gasteiger partial charge >= 0.3 is 0 Å². The molecule has 0 saturated heterocycles. The van der Waals surface area contributed by atoms with Gasteiger partial charge in [-0.1, -0.05) is 46.9 Å². The van der Waals surface area contributed by atoms with Crippen LogP contribution in [0.4, 0.5) is 5.13 Å². The van der Waals surface area contributed by atoms with Gasteiger partial charge in [0.25, 0.3) is 5.91 Å². The van der Waals surface area contributed by atoms with E-state index in [0.717, 1.165) is 16.9 Å². The van der Waals surface area contributed by atoms with Crippen LogP contribution in [0.25, 0.3) is 16.9 Å². The van der Waals surface area contributed by atoms with Crippen molar-refractivity contribution in [2.45, 2.75) is 13.3 Å². The first-order valence-electron chi connectivity index (χ1n) is 10.7. The number of anilines is 1. The molecule has 2 heterocycles. The van der Waals surface area contributed by atoms with Crippen LogP contribution >= 0.6 is 46.1 Å². The van der Waals surface area contributed by atoms with E-state index in [0.29, 0.717) is 37.7 Å². The third-order valence-corrected chi connectivity index (χ3v) is 6.76. The maximum Gasteiger partial charge on any atom is 0.278 e.